The summed E-state index contributed by atoms with van der Waals surface area (Å²) in [6.07, 6.45) is 1.07. The van der Waals surface area contributed by atoms with Gasteiger partial charge in [0.1, 0.15) is 18.4 Å². The number of amides is 2. The molecule has 0 spiro atoms. The van der Waals surface area contributed by atoms with Gasteiger partial charge in [-0.1, -0.05) is 71.2 Å². The summed E-state index contributed by atoms with van der Waals surface area (Å²) >= 11 is 18.3. The lowest BCUT2D eigenvalue weighted by atomic mass is 10.0. The number of hydrogen-bond acceptors (Lipinski definition) is 4. The number of likely N-dealkylation sites (N-methyl/N-ethyl adjacent to an activating group) is 1. The summed E-state index contributed by atoms with van der Waals surface area (Å²) in [7, 11) is -2.57. The molecule has 0 saturated carbocycles. The Balaban J connectivity index is 2.06. The number of halogens is 4. The summed E-state index contributed by atoms with van der Waals surface area (Å²) < 4.78 is 39.9. The lowest BCUT2D eigenvalue weighted by Crippen LogP contribution is -2.52. The number of carbonyl (C=O) groups excluding carboxylic acids is 2. The number of carbonyl (C=O) groups is 2. The minimum atomic E-state index is -4.01. The van der Waals surface area contributed by atoms with Crippen LogP contribution in [0, 0.1) is 5.82 Å². The standard InChI is InChI=1S/C26H25Cl3FN3O4S/c1-31-26(35)24(12-17-6-4-3-5-7-17)32(15-18-8-9-19(27)13-21(18)28)25(34)16-33(38(2,36)37)20-10-11-23(30)22(29)14-20/h3-11,13-14,24H,12,15-16H2,1-2H3,(H,31,35). The first-order valence-electron chi connectivity index (χ1n) is 11.3. The molecule has 12 heteroatoms. The number of nitrogens with one attached hydrogen (secondary N) is 1. The van der Waals surface area contributed by atoms with Crippen LogP contribution in [0.25, 0.3) is 0 Å². The summed E-state index contributed by atoms with van der Waals surface area (Å²) in [5, 5.41) is 2.94. The fraction of sp³-hybridized carbons (Fsp3) is 0.231. The van der Waals surface area contributed by atoms with E-state index in [1.807, 2.05) is 30.3 Å². The minimum absolute atomic E-state index is 0.00345. The summed E-state index contributed by atoms with van der Waals surface area (Å²) in [6, 6.07) is 16.1. The third-order valence-electron chi connectivity index (χ3n) is 5.74. The van der Waals surface area contributed by atoms with E-state index in [2.05, 4.69) is 5.32 Å². The maximum atomic E-state index is 13.8. The van der Waals surface area contributed by atoms with Crippen molar-refractivity contribution in [1.29, 1.82) is 0 Å². The normalized spacial score (nSPS) is 12.1. The summed E-state index contributed by atoms with van der Waals surface area (Å²) in [5.74, 6) is -1.88. The van der Waals surface area contributed by atoms with Crippen LogP contribution in [0.4, 0.5) is 10.1 Å². The fourth-order valence-electron chi connectivity index (χ4n) is 3.81. The van der Waals surface area contributed by atoms with Gasteiger partial charge in [-0.2, -0.15) is 0 Å². The Morgan fingerprint density at radius 1 is 0.974 bits per heavy atom. The number of nitrogens with zero attached hydrogens (tertiary/aromatic N) is 2. The second-order valence-corrected chi connectivity index (χ2v) is 11.6. The molecule has 0 heterocycles. The molecule has 202 valence electrons. The number of benzene rings is 3. The highest BCUT2D eigenvalue weighted by atomic mass is 35.5. The highest BCUT2D eigenvalue weighted by Gasteiger charge is 2.33. The smallest absolute Gasteiger partial charge is 0.244 e. The molecule has 1 N–H and O–H groups in total. The average Bonchev–Trinajstić information content (AvgIpc) is 2.87. The quantitative estimate of drug-likeness (QED) is 0.357. The van der Waals surface area contributed by atoms with E-state index in [4.69, 9.17) is 34.8 Å². The van der Waals surface area contributed by atoms with Gasteiger partial charge in [-0.15, -0.1) is 0 Å². The molecule has 1 atom stereocenters. The van der Waals surface area contributed by atoms with Gasteiger partial charge in [-0.05, 0) is 41.5 Å². The Kier molecular flexibility index (Phi) is 10.0. The van der Waals surface area contributed by atoms with Crippen molar-refractivity contribution in [3.63, 3.8) is 0 Å². The second kappa shape index (κ2) is 12.8. The zero-order valence-electron chi connectivity index (χ0n) is 20.5. The number of rotatable bonds is 10. The molecular formula is C26H25Cl3FN3O4S. The molecule has 0 aliphatic carbocycles. The molecule has 0 aliphatic rings. The van der Waals surface area contributed by atoms with Crippen LogP contribution in [0.2, 0.25) is 15.1 Å². The Hall–Kier alpha value is -2.85. The van der Waals surface area contributed by atoms with Gasteiger partial charge in [0.2, 0.25) is 21.8 Å². The summed E-state index contributed by atoms with van der Waals surface area (Å²) in [5.41, 5.74) is 1.28. The van der Waals surface area contributed by atoms with Crippen LogP contribution < -0.4 is 9.62 Å². The number of hydrogen-bond donors (Lipinski definition) is 1. The van der Waals surface area contributed by atoms with Crippen molar-refractivity contribution in [2.75, 3.05) is 24.2 Å². The van der Waals surface area contributed by atoms with Gasteiger partial charge in [0.25, 0.3) is 0 Å². The van der Waals surface area contributed by atoms with E-state index in [1.165, 1.54) is 24.1 Å². The third kappa shape index (κ3) is 7.60. The summed E-state index contributed by atoms with van der Waals surface area (Å²) in [6.45, 7) is -0.782. The Labute approximate surface area is 236 Å². The number of sulfonamides is 1. The lowest BCUT2D eigenvalue weighted by molar-refractivity contribution is -0.139. The monoisotopic (exact) mass is 599 g/mol. The Morgan fingerprint density at radius 2 is 1.66 bits per heavy atom. The van der Waals surface area contributed by atoms with Gasteiger partial charge in [-0.3, -0.25) is 13.9 Å². The topological polar surface area (TPSA) is 86.8 Å². The van der Waals surface area contributed by atoms with Crippen molar-refractivity contribution >= 4 is 62.3 Å². The molecule has 2 amide bonds. The molecule has 3 aromatic rings. The SMILES string of the molecule is CNC(=O)C(Cc1ccccc1)N(Cc1ccc(Cl)cc1Cl)C(=O)CN(c1ccc(F)c(Cl)c1)S(C)(=O)=O. The van der Waals surface area contributed by atoms with E-state index >= 15 is 0 Å². The predicted octanol–water partition coefficient (Wildman–Crippen LogP) is 4.94. The average molecular weight is 601 g/mol. The molecule has 0 fully saturated rings. The van der Waals surface area contributed by atoms with Gasteiger partial charge in [-0.25, -0.2) is 12.8 Å². The van der Waals surface area contributed by atoms with Crippen molar-refractivity contribution in [3.05, 3.63) is 98.7 Å². The van der Waals surface area contributed by atoms with Crippen LogP contribution in [0.5, 0.6) is 0 Å². The van der Waals surface area contributed by atoms with Crippen molar-refractivity contribution in [3.8, 4) is 0 Å². The molecule has 7 nitrogen and oxygen atoms in total. The number of anilines is 1. The van der Waals surface area contributed by atoms with Gasteiger partial charge < -0.3 is 10.2 Å². The molecule has 1 unspecified atom stereocenters. The van der Waals surface area contributed by atoms with Gasteiger partial charge in [0, 0.05) is 30.1 Å². The second-order valence-electron chi connectivity index (χ2n) is 8.45. The van der Waals surface area contributed by atoms with E-state index in [1.54, 1.807) is 12.1 Å². The Morgan fingerprint density at radius 3 is 2.24 bits per heavy atom. The van der Waals surface area contributed by atoms with E-state index in [0.29, 0.717) is 10.6 Å². The van der Waals surface area contributed by atoms with Crippen LogP contribution in [0.3, 0.4) is 0 Å². The summed E-state index contributed by atoms with van der Waals surface area (Å²) in [4.78, 5) is 28.2. The van der Waals surface area contributed by atoms with Crippen LogP contribution in [0.15, 0.2) is 66.7 Å². The van der Waals surface area contributed by atoms with Crippen LogP contribution in [0.1, 0.15) is 11.1 Å². The van der Waals surface area contributed by atoms with Crippen molar-refractivity contribution in [1.82, 2.24) is 10.2 Å². The molecule has 38 heavy (non-hydrogen) atoms. The van der Waals surface area contributed by atoms with Crippen LogP contribution in [-0.2, 0) is 32.6 Å². The molecule has 0 saturated heterocycles. The molecule has 0 radical (unpaired) electrons. The minimum Gasteiger partial charge on any atom is -0.357 e. The van der Waals surface area contributed by atoms with Crippen molar-refractivity contribution < 1.29 is 22.4 Å². The van der Waals surface area contributed by atoms with Crippen LogP contribution in [-0.4, -0.2) is 51.0 Å². The first kappa shape index (κ1) is 29.7. The van der Waals surface area contributed by atoms with Gasteiger partial charge in [0.05, 0.1) is 17.0 Å². The maximum absolute atomic E-state index is 13.8. The highest BCUT2D eigenvalue weighted by molar-refractivity contribution is 7.92. The first-order valence-corrected chi connectivity index (χ1v) is 14.3. The largest absolute Gasteiger partial charge is 0.357 e. The van der Waals surface area contributed by atoms with Crippen molar-refractivity contribution in [2.45, 2.75) is 19.0 Å². The van der Waals surface area contributed by atoms with Gasteiger partial charge in [0.15, 0.2) is 0 Å². The van der Waals surface area contributed by atoms with E-state index in [0.717, 1.165) is 28.3 Å². The van der Waals surface area contributed by atoms with Crippen molar-refractivity contribution in [2.24, 2.45) is 0 Å². The molecule has 0 aromatic heterocycles. The molecule has 3 rings (SSSR count). The predicted molar refractivity (Wildman–Crippen MR) is 149 cm³/mol. The lowest BCUT2D eigenvalue weighted by Gasteiger charge is -2.33. The zero-order valence-corrected chi connectivity index (χ0v) is 23.6. The van der Waals surface area contributed by atoms with Gasteiger partial charge >= 0.3 is 0 Å². The van der Waals surface area contributed by atoms with Crippen LogP contribution >= 0.6 is 34.8 Å². The molecule has 0 aliphatic heterocycles. The Bertz CT molecular complexity index is 1420. The maximum Gasteiger partial charge on any atom is 0.244 e. The molecule has 0 bridgehead atoms. The molecule has 3 aromatic carbocycles. The van der Waals surface area contributed by atoms with E-state index in [9.17, 15) is 22.4 Å². The third-order valence-corrected chi connectivity index (χ3v) is 7.76. The fourth-order valence-corrected chi connectivity index (χ4v) is 5.29. The van der Waals surface area contributed by atoms with E-state index < -0.39 is 40.2 Å². The molecular weight excluding hydrogens is 576 g/mol. The highest BCUT2D eigenvalue weighted by Crippen LogP contribution is 2.27. The zero-order chi connectivity index (χ0) is 28.0. The first-order chi connectivity index (χ1) is 17.9. The van der Waals surface area contributed by atoms with E-state index in [-0.39, 0.29) is 28.7 Å².